The van der Waals surface area contributed by atoms with E-state index in [1.807, 2.05) is 26.0 Å². The van der Waals surface area contributed by atoms with Crippen LogP contribution in [-0.2, 0) is 0 Å². The molecule has 0 atom stereocenters. The van der Waals surface area contributed by atoms with Crippen molar-refractivity contribution in [1.29, 1.82) is 0 Å². The highest BCUT2D eigenvalue weighted by Crippen LogP contribution is 2.33. The lowest BCUT2D eigenvalue weighted by Crippen LogP contribution is -2.08. The van der Waals surface area contributed by atoms with Gasteiger partial charge in [0.25, 0.3) is 5.22 Å². The number of aromatic nitrogens is 2. The molecular weight excluding hydrogens is 388 g/mol. The Labute approximate surface area is 174 Å². The molecule has 152 valence electrons. The topological polar surface area (TPSA) is 74.5 Å². The van der Waals surface area contributed by atoms with Crippen LogP contribution >= 0.6 is 11.8 Å². The summed E-state index contributed by atoms with van der Waals surface area (Å²) in [5, 5.41) is 8.48. The van der Waals surface area contributed by atoms with Crippen LogP contribution in [0.1, 0.15) is 32.6 Å². The molecule has 1 heterocycles. The number of thioether (sulfide) groups is 1. The van der Waals surface area contributed by atoms with Crippen molar-refractivity contribution in [3.63, 3.8) is 0 Å². The Bertz CT molecular complexity index is 1060. The second-order valence-electron chi connectivity index (χ2n) is 6.77. The molecule has 0 unspecified atom stereocenters. The van der Waals surface area contributed by atoms with Gasteiger partial charge in [0.2, 0.25) is 5.89 Å². The molecule has 0 saturated carbocycles. The Hall–Kier alpha value is -2.80. The van der Waals surface area contributed by atoms with Gasteiger partial charge in [-0.15, -0.1) is 10.2 Å². The van der Waals surface area contributed by atoms with Gasteiger partial charge >= 0.3 is 0 Å². The van der Waals surface area contributed by atoms with Crippen molar-refractivity contribution in [3.8, 4) is 23.0 Å². The Kier molecular flexibility index (Phi) is 6.27. The van der Waals surface area contributed by atoms with Crippen molar-refractivity contribution in [1.82, 2.24) is 10.2 Å². The van der Waals surface area contributed by atoms with Gasteiger partial charge in [-0.05, 0) is 74.2 Å². The monoisotopic (exact) mass is 412 g/mol. The minimum absolute atomic E-state index is 0.0459. The number of methoxy groups -OCH3 is 2. The van der Waals surface area contributed by atoms with E-state index in [2.05, 4.69) is 24.0 Å². The van der Waals surface area contributed by atoms with Gasteiger partial charge in [0, 0.05) is 11.1 Å². The van der Waals surface area contributed by atoms with Gasteiger partial charge in [-0.2, -0.15) is 0 Å². The minimum Gasteiger partial charge on any atom is -0.493 e. The van der Waals surface area contributed by atoms with E-state index in [0.717, 1.165) is 22.3 Å². The third-order valence-corrected chi connectivity index (χ3v) is 5.96. The molecule has 0 bridgehead atoms. The largest absolute Gasteiger partial charge is 0.493 e. The standard InChI is InChI=1S/C22H24N2O4S/c1-12-9-17(15(4)14(3)13(12)2)18(25)11-29-22-24-23-21(28-22)16-7-8-19(26-5)20(10-16)27-6/h7-10H,11H2,1-6H3. The number of carbonyl (C=O) groups is 1. The lowest BCUT2D eigenvalue weighted by molar-refractivity contribution is 0.102. The number of hydrogen-bond acceptors (Lipinski definition) is 7. The summed E-state index contributed by atoms with van der Waals surface area (Å²) in [5.74, 6) is 1.84. The van der Waals surface area contributed by atoms with Gasteiger partial charge in [-0.1, -0.05) is 11.8 Å². The SMILES string of the molecule is COc1ccc(-c2nnc(SCC(=O)c3cc(C)c(C)c(C)c3C)o2)cc1OC. The van der Waals surface area contributed by atoms with E-state index < -0.39 is 0 Å². The number of Topliss-reactive ketones (excluding diaryl/α,β-unsaturated/α-hetero) is 1. The zero-order valence-electron chi connectivity index (χ0n) is 17.5. The van der Waals surface area contributed by atoms with E-state index in [-0.39, 0.29) is 11.5 Å². The molecule has 29 heavy (non-hydrogen) atoms. The second kappa shape index (κ2) is 8.69. The number of nitrogens with zero attached hydrogens (tertiary/aromatic N) is 2. The predicted octanol–water partition coefficient (Wildman–Crippen LogP) is 4.96. The molecule has 0 radical (unpaired) electrons. The molecule has 0 saturated heterocycles. The molecule has 0 aliphatic heterocycles. The third kappa shape index (κ3) is 4.29. The highest BCUT2D eigenvalue weighted by Gasteiger charge is 2.17. The van der Waals surface area contributed by atoms with Crippen LogP contribution < -0.4 is 9.47 Å². The van der Waals surface area contributed by atoms with Crippen LogP contribution in [0.4, 0.5) is 0 Å². The van der Waals surface area contributed by atoms with Crippen molar-refractivity contribution >= 4 is 17.5 Å². The molecule has 0 N–H and O–H groups in total. The molecule has 6 nitrogen and oxygen atoms in total. The van der Waals surface area contributed by atoms with E-state index in [1.54, 1.807) is 26.4 Å². The lowest BCUT2D eigenvalue weighted by atomic mass is 9.93. The van der Waals surface area contributed by atoms with Crippen LogP contribution in [0, 0.1) is 27.7 Å². The van der Waals surface area contributed by atoms with Crippen molar-refractivity contribution in [2.45, 2.75) is 32.9 Å². The molecule has 2 aromatic carbocycles. The van der Waals surface area contributed by atoms with Crippen LogP contribution in [0.2, 0.25) is 0 Å². The van der Waals surface area contributed by atoms with Crippen molar-refractivity contribution in [3.05, 3.63) is 52.1 Å². The smallest absolute Gasteiger partial charge is 0.277 e. The maximum absolute atomic E-state index is 12.7. The van der Waals surface area contributed by atoms with Crippen molar-refractivity contribution in [2.75, 3.05) is 20.0 Å². The molecule has 0 amide bonds. The normalized spacial score (nSPS) is 10.8. The minimum atomic E-state index is 0.0459. The summed E-state index contributed by atoms with van der Waals surface area (Å²) >= 11 is 1.24. The average Bonchev–Trinajstić information content (AvgIpc) is 3.21. The fraction of sp³-hybridized carbons (Fsp3) is 0.318. The molecule has 0 aliphatic rings. The van der Waals surface area contributed by atoms with E-state index in [4.69, 9.17) is 13.9 Å². The number of ether oxygens (including phenoxy) is 2. The summed E-state index contributed by atoms with van der Waals surface area (Å²) in [7, 11) is 3.15. The first kappa shape index (κ1) is 20.9. The molecule has 3 aromatic rings. The maximum atomic E-state index is 12.7. The number of rotatable bonds is 7. The van der Waals surface area contributed by atoms with Gasteiger partial charge in [-0.25, -0.2) is 0 Å². The Morgan fingerprint density at radius 2 is 1.69 bits per heavy atom. The molecule has 1 aromatic heterocycles. The summed E-state index contributed by atoms with van der Waals surface area (Å²) < 4.78 is 16.3. The number of ketones is 1. The first-order valence-corrected chi connectivity index (χ1v) is 10.1. The highest BCUT2D eigenvalue weighted by molar-refractivity contribution is 7.99. The summed E-state index contributed by atoms with van der Waals surface area (Å²) in [6, 6.07) is 7.33. The first-order chi connectivity index (χ1) is 13.8. The number of carbonyl (C=O) groups excluding carboxylic acids is 1. The quantitative estimate of drug-likeness (QED) is 0.401. The fourth-order valence-electron chi connectivity index (χ4n) is 3.06. The summed E-state index contributed by atoms with van der Waals surface area (Å²) in [6.45, 7) is 8.14. The second-order valence-corrected chi connectivity index (χ2v) is 7.70. The maximum Gasteiger partial charge on any atom is 0.277 e. The zero-order chi connectivity index (χ0) is 21.1. The van der Waals surface area contributed by atoms with E-state index in [0.29, 0.717) is 28.2 Å². The number of hydrogen-bond donors (Lipinski definition) is 0. The zero-order valence-corrected chi connectivity index (χ0v) is 18.3. The van der Waals surface area contributed by atoms with Gasteiger partial charge in [0.1, 0.15) is 0 Å². The van der Waals surface area contributed by atoms with Crippen LogP contribution in [0.15, 0.2) is 33.9 Å². The van der Waals surface area contributed by atoms with Crippen LogP contribution in [0.25, 0.3) is 11.5 Å². The Morgan fingerprint density at radius 1 is 0.966 bits per heavy atom. The molecule has 7 heteroatoms. The number of aryl methyl sites for hydroxylation is 1. The van der Waals surface area contributed by atoms with E-state index in [1.165, 1.54) is 17.3 Å². The van der Waals surface area contributed by atoms with Crippen LogP contribution in [0.5, 0.6) is 11.5 Å². The summed E-state index contributed by atoms with van der Waals surface area (Å²) in [4.78, 5) is 12.7. The average molecular weight is 413 g/mol. The van der Waals surface area contributed by atoms with E-state index >= 15 is 0 Å². The molecule has 0 fully saturated rings. The van der Waals surface area contributed by atoms with Gasteiger partial charge in [0.05, 0.1) is 20.0 Å². The van der Waals surface area contributed by atoms with Gasteiger partial charge in [0.15, 0.2) is 17.3 Å². The summed E-state index contributed by atoms with van der Waals surface area (Å²) in [5.41, 5.74) is 5.99. The first-order valence-electron chi connectivity index (χ1n) is 9.15. The summed E-state index contributed by atoms with van der Waals surface area (Å²) in [6.07, 6.45) is 0. The lowest BCUT2D eigenvalue weighted by Gasteiger charge is -2.13. The fourth-order valence-corrected chi connectivity index (χ4v) is 3.71. The third-order valence-electron chi connectivity index (χ3n) is 5.15. The van der Waals surface area contributed by atoms with Crippen molar-refractivity contribution in [2.24, 2.45) is 0 Å². The molecule has 3 rings (SSSR count). The van der Waals surface area contributed by atoms with Crippen LogP contribution in [0.3, 0.4) is 0 Å². The molecule has 0 aliphatic carbocycles. The van der Waals surface area contributed by atoms with E-state index in [9.17, 15) is 4.79 Å². The van der Waals surface area contributed by atoms with Crippen molar-refractivity contribution < 1.29 is 18.7 Å². The molecule has 0 spiro atoms. The Morgan fingerprint density at radius 3 is 2.38 bits per heavy atom. The Balaban J connectivity index is 1.74. The van der Waals surface area contributed by atoms with Crippen LogP contribution in [-0.4, -0.2) is 36.0 Å². The van der Waals surface area contributed by atoms with Gasteiger partial charge < -0.3 is 13.9 Å². The predicted molar refractivity (Wildman–Crippen MR) is 113 cm³/mol. The highest BCUT2D eigenvalue weighted by atomic mass is 32.2. The number of benzene rings is 2. The van der Waals surface area contributed by atoms with Gasteiger partial charge in [-0.3, -0.25) is 4.79 Å². The molecular formula is C22H24N2O4S.